The van der Waals surface area contributed by atoms with Crippen molar-refractivity contribution in [3.05, 3.63) is 111 Å². The Balaban J connectivity index is 1.25. The Hall–Kier alpha value is -3.45. The average molecular weight is 543 g/mol. The van der Waals surface area contributed by atoms with E-state index >= 15 is 0 Å². The molecule has 6 nitrogen and oxygen atoms in total. The van der Waals surface area contributed by atoms with Gasteiger partial charge < -0.3 is 14.5 Å². The summed E-state index contributed by atoms with van der Waals surface area (Å²) in [6, 6.07) is 22.1. The summed E-state index contributed by atoms with van der Waals surface area (Å²) in [4.78, 5) is 34.8. The van der Waals surface area contributed by atoms with Crippen molar-refractivity contribution >= 4 is 21.8 Å². The molecule has 4 heterocycles. The van der Waals surface area contributed by atoms with Crippen LogP contribution in [0.1, 0.15) is 48.4 Å². The molecule has 0 radical (unpaired) electrons. The summed E-state index contributed by atoms with van der Waals surface area (Å²) in [7, 11) is 0. The van der Waals surface area contributed by atoms with Crippen LogP contribution in [0.4, 0.5) is 0 Å². The highest BCUT2D eigenvalue weighted by molar-refractivity contribution is 9.10. The molecule has 4 aromatic rings. The fourth-order valence-corrected chi connectivity index (χ4v) is 6.25. The number of H-pyrrole nitrogens is 1. The first-order valence-corrected chi connectivity index (χ1v) is 13.2. The second kappa shape index (κ2) is 9.21. The Bertz CT molecular complexity index is 1470. The van der Waals surface area contributed by atoms with Gasteiger partial charge in [0.2, 0.25) is 11.5 Å². The molecule has 1 fully saturated rings. The molecule has 1 N–H and O–H groups in total. The maximum atomic E-state index is 13.5. The van der Waals surface area contributed by atoms with Gasteiger partial charge in [-0.05, 0) is 48.6 Å². The number of nitrogens with zero attached hydrogens (tertiary/aromatic N) is 3. The SMILES string of the molecule is O=C(CCC1(c2ccc(Br)cc2)c2ccccc2-c2nccn21)N1CCC(c2cccc(=O)[nH]2)CC1. The molecule has 7 heteroatoms. The molecule has 0 aliphatic carbocycles. The van der Waals surface area contributed by atoms with Crippen LogP contribution in [0.15, 0.2) is 88.4 Å². The molecule has 182 valence electrons. The Morgan fingerprint density at radius 2 is 1.81 bits per heavy atom. The quantitative estimate of drug-likeness (QED) is 0.372. The minimum atomic E-state index is -0.485. The Kier molecular flexibility index (Phi) is 5.88. The number of pyridine rings is 1. The van der Waals surface area contributed by atoms with Crippen molar-refractivity contribution in [3.63, 3.8) is 0 Å². The third-order valence-corrected chi connectivity index (χ3v) is 8.30. The number of aromatic amines is 1. The predicted molar refractivity (Wildman–Crippen MR) is 143 cm³/mol. The first kappa shape index (κ1) is 23.0. The smallest absolute Gasteiger partial charge is 0.248 e. The molecule has 1 amide bonds. The van der Waals surface area contributed by atoms with Crippen LogP contribution in [0, 0.1) is 0 Å². The third kappa shape index (κ3) is 3.82. The molecule has 1 saturated heterocycles. The molecule has 36 heavy (non-hydrogen) atoms. The van der Waals surface area contributed by atoms with Crippen LogP contribution in [0.25, 0.3) is 11.4 Å². The van der Waals surface area contributed by atoms with Crippen LogP contribution < -0.4 is 5.56 Å². The first-order chi connectivity index (χ1) is 17.6. The molecule has 0 bridgehead atoms. The van der Waals surface area contributed by atoms with Gasteiger partial charge in [0.15, 0.2) is 0 Å². The summed E-state index contributed by atoms with van der Waals surface area (Å²) in [5, 5.41) is 0. The van der Waals surface area contributed by atoms with E-state index in [0.717, 1.165) is 40.0 Å². The molecular weight excluding hydrogens is 516 g/mol. The number of imidazole rings is 1. The van der Waals surface area contributed by atoms with Gasteiger partial charge in [-0.15, -0.1) is 0 Å². The van der Waals surface area contributed by atoms with Gasteiger partial charge in [-0.2, -0.15) is 0 Å². The summed E-state index contributed by atoms with van der Waals surface area (Å²) in [6.07, 6.45) is 6.69. The van der Waals surface area contributed by atoms with Gasteiger partial charge in [0.1, 0.15) is 5.82 Å². The molecule has 6 rings (SSSR count). The lowest BCUT2D eigenvalue weighted by Crippen LogP contribution is -2.40. The van der Waals surface area contributed by atoms with E-state index in [-0.39, 0.29) is 17.4 Å². The van der Waals surface area contributed by atoms with Crippen LogP contribution in [0.5, 0.6) is 0 Å². The lowest BCUT2D eigenvalue weighted by atomic mass is 9.79. The van der Waals surface area contributed by atoms with E-state index in [0.29, 0.717) is 25.9 Å². The zero-order valence-corrected chi connectivity index (χ0v) is 21.4. The maximum absolute atomic E-state index is 13.5. The number of hydrogen-bond acceptors (Lipinski definition) is 3. The van der Waals surface area contributed by atoms with Crippen molar-refractivity contribution in [3.8, 4) is 11.4 Å². The number of aromatic nitrogens is 3. The van der Waals surface area contributed by atoms with Crippen LogP contribution in [-0.4, -0.2) is 38.4 Å². The Labute approximate surface area is 218 Å². The fraction of sp³-hybridized carbons (Fsp3) is 0.276. The van der Waals surface area contributed by atoms with E-state index < -0.39 is 5.54 Å². The highest BCUT2D eigenvalue weighted by atomic mass is 79.9. The van der Waals surface area contributed by atoms with Gasteiger partial charge >= 0.3 is 0 Å². The fourth-order valence-electron chi connectivity index (χ4n) is 5.99. The molecule has 1 unspecified atom stereocenters. The van der Waals surface area contributed by atoms with E-state index in [1.165, 1.54) is 11.6 Å². The first-order valence-electron chi connectivity index (χ1n) is 12.4. The highest BCUT2D eigenvalue weighted by Gasteiger charge is 2.45. The van der Waals surface area contributed by atoms with Crippen LogP contribution in [0.2, 0.25) is 0 Å². The predicted octanol–water partition coefficient (Wildman–Crippen LogP) is 5.29. The van der Waals surface area contributed by atoms with Crippen molar-refractivity contribution in [2.45, 2.75) is 37.1 Å². The van der Waals surface area contributed by atoms with E-state index in [2.05, 4.69) is 72.9 Å². The summed E-state index contributed by atoms with van der Waals surface area (Å²) in [6.45, 7) is 1.41. The molecule has 2 aromatic heterocycles. The number of carbonyl (C=O) groups excluding carboxylic acids is 1. The second-order valence-electron chi connectivity index (χ2n) is 9.66. The number of fused-ring (bicyclic) bond motifs is 3. The standard InChI is InChI=1S/C29H27BrN4O2/c30-22-10-8-21(9-11-22)29(24-5-2-1-4-23(24)28-31-16-19-34(28)29)15-12-27(36)33-17-13-20(14-18-33)25-6-3-7-26(35)32-25/h1-11,16,19-20H,12-15,17-18H2,(H,32,35). The topological polar surface area (TPSA) is 71.0 Å². The number of likely N-dealkylation sites (tertiary alicyclic amines) is 1. The lowest BCUT2D eigenvalue weighted by Gasteiger charge is -2.36. The lowest BCUT2D eigenvalue weighted by molar-refractivity contribution is -0.132. The van der Waals surface area contributed by atoms with Crippen molar-refractivity contribution in [1.29, 1.82) is 0 Å². The van der Waals surface area contributed by atoms with Crippen molar-refractivity contribution < 1.29 is 4.79 Å². The van der Waals surface area contributed by atoms with Crippen molar-refractivity contribution in [2.75, 3.05) is 13.1 Å². The summed E-state index contributed by atoms with van der Waals surface area (Å²) in [5.74, 6) is 1.41. The minimum Gasteiger partial charge on any atom is -0.343 e. The summed E-state index contributed by atoms with van der Waals surface area (Å²) in [5.41, 5.74) is 3.87. The maximum Gasteiger partial charge on any atom is 0.248 e. The van der Waals surface area contributed by atoms with Gasteiger partial charge in [-0.25, -0.2) is 4.98 Å². The Morgan fingerprint density at radius 3 is 2.58 bits per heavy atom. The minimum absolute atomic E-state index is 0.0695. The molecule has 2 aliphatic rings. The van der Waals surface area contributed by atoms with Gasteiger partial charge in [0.05, 0.1) is 5.54 Å². The average Bonchev–Trinajstić information content (AvgIpc) is 3.49. The monoisotopic (exact) mass is 542 g/mol. The van der Waals surface area contributed by atoms with Crippen LogP contribution in [-0.2, 0) is 10.3 Å². The number of halogens is 1. The second-order valence-corrected chi connectivity index (χ2v) is 10.6. The zero-order valence-electron chi connectivity index (χ0n) is 19.9. The van der Waals surface area contributed by atoms with E-state index in [9.17, 15) is 9.59 Å². The van der Waals surface area contributed by atoms with Gasteiger partial charge in [-0.3, -0.25) is 9.59 Å². The third-order valence-electron chi connectivity index (χ3n) is 7.77. The molecule has 1 atom stereocenters. The van der Waals surface area contributed by atoms with Gasteiger partial charge in [0, 0.05) is 59.6 Å². The summed E-state index contributed by atoms with van der Waals surface area (Å²) < 4.78 is 3.27. The highest BCUT2D eigenvalue weighted by Crippen LogP contribution is 2.49. The van der Waals surface area contributed by atoms with Gasteiger partial charge in [-0.1, -0.05) is 58.4 Å². The van der Waals surface area contributed by atoms with E-state index in [1.54, 1.807) is 6.07 Å². The largest absolute Gasteiger partial charge is 0.343 e. The van der Waals surface area contributed by atoms with Crippen LogP contribution >= 0.6 is 15.9 Å². The van der Waals surface area contributed by atoms with Crippen molar-refractivity contribution in [2.24, 2.45) is 0 Å². The van der Waals surface area contributed by atoms with E-state index in [4.69, 9.17) is 0 Å². The number of rotatable bonds is 5. The molecule has 2 aromatic carbocycles. The molecule has 0 saturated carbocycles. The number of benzene rings is 2. The normalized spacial score (nSPS) is 19.2. The number of nitrogens with one attached hydrogen (secondary N) is 1. The number of carbonyl (C=O) groups is 1. The zero-order chi connectivity index (χ0) is 24.7. The molecule has 0 spiro atoms. The number of piperidine rings is 1. The number of hydrogen-bond donors (Lipinski definition) is 1. The summed E-state index contributed by atoms with van der Waals surface area (Å²) >= 11 is 3.57. The molecule has 2 aliphatic heterocycles. The van der Waals surface area contributed by atoms with E-state index in [1.807, 2.05) is 29.4 Å². The molecular formula is C29H27BrN4O2. The van der Waals surface area contributed by atoms with Crippen LogP contribution in [0.3, 0.4) is 0 Å². The Morgan fingerprint density at radius 1 is 1.03 bits per heavy atom. The van der Waals surface area contributed by atoms with Crippen molar-refractivity contribution in [1.82, 2.24) is 19.4 Å². The van der Waals surface area contributed by atoms with Gasteiger partial charge in [0.25, 0.3) is 0 Å². The number of amides is 1.